The van der Waals surface area contributed by atoms with Gasteiger partial charge in [0.2, 0.25) is 0 Å². The largest absolute Gasteiger partial charge is 0.491 e. The normalized spacial score (nSPS) is 11.5. The molecule has 0 aliphatic carbocycles. The van der Waals surface area contributed by atoms with Crippen LogP contribution in [0.5, 0.6) is 5.75 Å². The first-order chi connectivity index (χ1) is 7.47. The monoisotopic (exact) mass is 286 g/mol. The molecule has 0 saturated heterocycles. The summed E-state index contributed by atoms with van der Waals surface area (Å²) in [7, 11) is 0. The predicted octanol–water partition coefficient (Wildman–Crippen LogP) is 3.89. The fourth-order valence-corrected chi connectivity index (χ4v) is 1.39. The summed E-state index contributed by atoms with van der Waals surface area (Å²) >= 11 is 3.38. The SMILES string of the molecule is CC(C)(C)COCCOc1ccc(Br)cc1. The molecule has 0 unspecified atom stereocenters. The Labute approximate surface area is 106 Å². The Kier molecular flexibility index (Phi) is 5.29. The average Bonchev–Trinajstić information content (AvgIpc) is 2.19. The number of hydrogen-bond donors (Lipinski definition) is 0. The van der Waals surface area contributed by atoms with Crippen LogP contribution in [0.3, 0.4) is 0 Å². The third-order valence-electron chi connectivity index (χ3n) is 1.85. The first kappa shape index (κ1) is 13.5. The molecule has 1 aromatic rings. The Morgan fingerprint density at radius 1 is 1.06 bits per heavy atom. The Bertz CT molecular complexity index is 301. The lowest BCUT2D eigenvalue weighted by Gasteiger charge is -2.18. The molecular weight excluding hydrogens is 268 g/mol. The van der Waals surface area contributed by atoms with Gasteiger partial charge in [0.25, 0.3) is 0 Å². The maximum atomic E-state index is 5.53. The molecule has 0 fully saturated rings. The van der Waals surface area contributed by atoms with E-state index in [4.69, 9.17) is 9.47 Å². The van der Waals surface area contributed by atoms with Crippen LogP contribution in [0.2, 0.25) is 0 Å². The first-order valence-electron chi connectivity index (χ1n) is 5.43. The zero-order valence-corrected chi connectivity index (χ0v) is 11.7. The van der Waals surface area contributed by atoms with Crippen LogP contribution in [0.4, 0.5) is 0 Å². The maximum Gasteiger partial charge on any atom is 0.119 e. The summed E-state index contributed by atoms with van der Waals surface area (Å²) in [6.07, 6.45) is 0. The third-order valence-corrected chi connectivity index (χ3v) is 2.37. The van der Waals surface area contributed by atoms with Gasteiger partial charge in [0.05, 0.1) is 13.2 Å². The van der Waals surface area contributed by atoms with Gasteiger partial charge in [-0.05, 0) is 29.7 Å². The second-order valence-corrected chi connectivity index (χ2v) is 5.83. The van der Waals surface area contributed by atoms with Crippen molar-refractivity contribution in [2.45, 2.75) is 20.8 Å². The summed E-state index contributed by atoms with van der Waals surface area (Å²) < 4.78 is 12.1. The molecule has 0 heterocycles. The maximum absolute atomic E-state index is 5.53. The second kappa shape index (κ2) is 6.26. The summed E-state index contributed by atoms with van der Waals surface area (Å²) in [5.41, 5.74) is 0.220. The third kappa shape index (κ3) is 6.13. The number of halogens is 1. The molecule has 1 rings (SSSR count). The van der Waals surface area contributed by atoms with Gasteiger partial charge in [0.1, 0.15) is 12.4 Å². The first-order valence-corrected chi connectivity index (χ1v) is 6.23. The van der Waals surface area contributed by atoms with Crippen molar-refractivity contribution >= 4 is 15.9 Å². The minimum absolute atomic E-state index is 0.220. The van der Waals surface area contributed by atoms with Gasteiger partial charge in [0, 0.05) is 4.47 Å². The van der Waals surface area contributed by atoms with E-state index in [0.29, 0.717) is 13.2 Å². The van der Waals surface area contributed by atoms with Crippen LogP contribution in [0.25, 0.3) is 0 Å². The number of benzene rings is 1. The van der Waals surface area contributed by atoms with Gasteiger partial charge in [-0.2, -0.15) is 0 Å². The van der Waals surface area contributed by atoms with Crippen LogP contribution in [0.1, 0.15) is 20.8 Å². The van der Waals surface area contributed by atoms with Crippen molar-refractivity contribution in [2.75, 3.05) is 19.8 Å². The molecule has 0 saturated carbocycles. The molecule has 16 heavy (non-hydrogen) atoms. The standard InChI is InChI=1S/C13H19BrO2/c1-13(2,3)10-15-8-9-16-12-6-4-11(14)5-7-12/h4-7H,8-10H2,1-3H3. The van der Waals surface area contributed by atoms with Gasteiger partial charge in [-0.15, -0.1) is 0 Å². The van der Waals surface area contributed by atoms with Crippen molar-refractivity contribution in [3.05, 3.63) is 28.7 Å². The highest BCUT2D eigenvalue weighted by molar-refractivity contribution is 9.10. The fourth-order valence-electron chi connectivity index (χ4n) is 1.13. The number of ether oxygens (including phenoxy) is 2. The van der Waals surface area contributed by atoms with E-state index in [9.17, 15) is 0 Å². The quantitative estimate of drug-likeness (QED) is 0.765. The van der Waals surface area contributed by atoms with Gasteiger partial charge >= 0.3 is 0 Å². The zero-order valence-electron chi connectivity index (χ0n) is 10.1. The van der Waals surface area contributed by atoms with Gasteiger partial charge in [-0.3, -0.25) is 0 Å². The summed E-state index contributed by atoms with van der Waals surface area (Å²) in [5.74, 6) is 0.877. The van der Waals surface area contributed by atoms with Crippen LogP contribution >= 0.6 is 15.9 Å². The molecule has 0 aliphatic heterocycles. The summed E-state index contributed by atoms with van der Waals surface area (Å²) in [4.78, 5) is 0. The van der Waals surface area contributed by atoms with E-state index in [1.807, 2.05) is 24.3 Å². The molecular formula is C13H19BrO2. The lowest BCUT2D eigenvalue weighted by atomic mass is 9.99. The molecule has 90 valence electrons. The fraction of sp³-hybridized carbons (Fsp3) is 0.538. The summed E-state index contributed by atoms with van der Waals surface area (Å²) in [5, 5.41) is 0. The van der Waals surface area contributed by atoms with Crippen molar-refractivity contribution in [1.82, 2.24) is 0 Å². The molecule has 2 nitrogen and oxygen atoms in total. The van der Waals surface area contributed by atoms with Crippen LogP contribution in [-0.2, 0) is 4.74 Å². The van der Waals surface area contributed by atoms with Crippen molar-refractivity contribution in [3.8, 4) is 5.75 Å². The van der Waals surface area contributed by atoms with E-state index in [1.54, 1.807) is 0 Å². The minimum atomic E-state index is 0.220. The van der Waals surface area contributed by atoms with E-state index < -0.39 is 0 Å². The molecule has 0 spiro atoms. The lowest BCUT2D eigenvalue weighted by Crippen LogP contribution is -2.17. The van der Waals surface area contributed by atoms with Crippen LogP contribution in [0.15, 0.2) is 28.7 Å². The highest BCUT2D eigenvalue weighted by atomic mass is 79.9. The number of hydrogen-bond acceptors (Lipinski definition) is 2. The average molecular weight is 287 g/mol. The van der Waals surface area contributed by atoms with Crippen LogP contribution < -0.4 is 4.74 Å². The molecule has 0 N–H and O–H groups in total. The Morgan fingerprint density at radius 3 is 2.25 bits per heavy atom. The summed E-state index contributed by atoms with van der Waals surface area (Å²) in [6.45, 7) is 8.45. The number of rotatable bonds is 5. The molecule has 0 aliphatic rings. The van der Waals surface area contributed by atoms with Crippen molar-refractivity contribution < 1.29 is 9.47 Å². The predicted molar refractivity (Wildman–Crippen MR) is 69.9 cm³/mol. The minimum Gasteiger partial charge on any atom is -0.491 e. The second-order valence-electron chi connectivity index (χ2n) is 4.92. The highest BCUT2D eigenvalue weighted by Crippen LogP contribution is 2.16. The van der Waals surface area contributed by atoms with Gasteiger partial charge in [-0.25, -0.2) is 0 Å². The molecule has 0 bridgehead atoms. The summed E-state index contributed by atoms with van der Waals surface area (Å²) in [6, 6.07) is 7.80. The van der Waals surface area contributed by atoms with Crippen molar-refractivity contribution in [1.29, 1.82) is 0 Å². The smallest absolute Gasteiger partial charge is 0.119 e. The zero-order chi connectivity index (χ0) is 12.0. The van der Waals surface area contributed by atoms with Crippen LogP contribution in [-0.4, -0.2) is 19.8 Å². The van der Waals surface area contributed by atoms with Gasteiger partial charge in [0.15, 0.2) is 0 Å². The van der Waals surface area contributed by atoms with E-state index in [0.717, 1.165) is 16.8 Å². The van der Waals surface area contributed by atoms with E-state index in [1.165, 1.54) is 0 Å². The topological polar surface area (TPSA) is 18.5 Å². The van der Waals surface area contributed by atoms with Gasteiger partial charge < -0.3 is 9.47 Å². The highest BCUT2D eigenvalue weighted by Gasteiger charge is 2.09. The molecule has 0 aromatic heterocycles. The Balaban J connectivity index is 2.14. The van der Waals surface area contributed by atoms with Gasteiger partial charge in [-0.1, -0.05) is 36.7 Å². The Hall–Kier alpha value is -0.540. The van der Waals surface area contributed by atoms with Crippen LogP contribution in [0, 0.1) is 5.41 Å². The van der Waals surface area contributed by atoms with Crippen molar-refractivity contribution in [3.63, 3.8) is 0 Å². The lowest BCUT2D eigenvalue weighted by molar-refractivity contribution is 0.0514. The van der Waals surface area contributed by atoms with E-state index in [-0.39, 0.29) is 5.41 Å². The molecule has 0 radical (unpaired) electrons. The molecule has 0 atom stereocenters. The Morgan fingerprint density at radius 2 is 1.69 bits per heavy atom. The van der Waals surface area contributed by atoms with E-state index >= 15 is 0 Å². The molecule has 3 heteroatoms. The van der Waals surface area contributed by atoms with Crippen molar-refractivity contribution in [2.24, 2.45) is 5.41 Å². The molecule has 1 aromatic carbocycles. The van der Waals surface area contributed by atoms with E-state index in [2.05, 4.69) is 36.7 Å². The molecule has 0 amide bonds.